The van der Waals surface area contributed by atoms with Gasteiger partial charge in [-0.1, -0.05) is 29.8 Å². The third kappa shape index (κ3) is 3.04. The maximum absolute atomic E-state index is 13.1. The van der Waals surface area contributed by atoms with E-state index in [9.17, 15) is 19.5 Å². The summed E-state index contributed by atoms with van der Waals surface area (Å²) in [6.45, 7) is 0. The van der Waals surface area contributed by atoms with Gasteiger partial charge in [0.2, 0.25) is 11.8 Å². The fourth-order valence-electron chi connectivity index (χ4n) is 3.78. The van der Waals surface area contributed by atoms with Gasteiger partial charge in [-0.15, -0.1) is 11.3 Å². The minimum Gasteiger partial charge on any atom is -0.493 e. The normalized spacial score (nSPS) is 18.0. The van der Waals surface area contributed by atoms with Crippen molar-refractivity contribution in [2.45, 2.75) is 12.5 Å². The molecule has 0 bridgehead atoms. The standard InChI is InChI=1S/C21H12ClN3O4S2/c22-10-5-7-11(8-6-10)24-15(26)9-14(19(24)28)25-20(29)17(31-21(25)30)16-12-3-1-2-4-13(12)23-18(16)27/h1-8,14,29H,9H2. The van der Waals surface area contributed by atoms with E-state index < -0.39 is 23.8 Å². The first kappa shape index (κ1) is 19.8. The second-order valence-electron chi connectivity index (χ2n) is 6.96. The molecule has 7 nitrogen and oxygen atoms in total. The van der Waals surface area contributed by atoms with E-state index in [1.165, 1.54) is 4.57 Å². The van der Waals surface area contributed by atoms with Crippen LogP contribution in [-0.4, -0.2) is 27.4 Å². The predicted octanol–water partition coefficient (Wildman–Crippen LogP) is 2.50. The van der Waals surface area contributed by atoms with Gasteiger partial charge in [-0.2, -0.15) is 0 Å². The van der Waals surface area contributed by atoms with Gasteiger partial charge in [-0.3, -0.25) is 19.0 Å². The summed E-state index contributed by atoms with van der Waals surface area (Å²) in [7, 11) is 0. The SMILES string of the molecule is O=C1N=c2ccccc2=C1c1sc(=S)n(C2CC(=O)N(c3ccc(Cl)cc3)C2=O)c1O. The molecule has 1 unspecified atom stereocenters. The highest BCUT2D eigenvalue weighted by atomic mass is 35.5. The lowest BCUT2D eigenvalue weighted by atomic mass is 10.1. The predicted molar refractivity (Wildman–Crippen MR) is 117 cm³/mol. The Morgan fingerprint density at radius 3 is 2.55 bits per heavy atom. The number of thiazole rings is 1. The average molecular weight is 470 g/mol. The number of para-hydroxylation sites is 1. The molecule has 2 aliphatic rings. The zero-order valence-corrected chi connectivity index (χ0v) is 18.0. The Kier molecular flexibility index (Phi) is 4.62. The van der Waals surface area contributed by atoms with Crippen molar-refractivity contribution in [3.63, 3.8) is 0 Å². The molecule has 1 fully saturated rings. The molecule has 2 aromatic carbocycles. The number of hydrogen-bond acceptors (Lipinski definition) is 6. The van der Waals surface area contributed by atoms with E-state index in [1.807, 2.05) is 0 Å². The molecule has 31 heavy (non-hydrogen) atoms. The van der Waals surface area contributed by atoms with Gasteiger partial charge in [0, 0.05) is 10.2 Å². The zero-order chi connectivity index (χ0) is 21.9. The van der Waals surface area contributed by atoms with Crippen molar-refractivity contribution in [2.24, 2.45) is 4.99 Å². The lowest BCUT2D eigenvalue weighted by Gasteiger charge is -2.16. The van der Waals surface area contributed by atoms with Crippen LogP contribution in [0.25, 0.3) is 5.57 Å². The minimum absolute atomic E-state index is 0.163. The summed E-state index contributed by atoms with van der Waals surface area (Å²) in [6.07, 6.45) is -0.163. The molecule has 1 saturated heterocycles. The molecule has 5 rings (SSSR count). The third-order valence-electron chi connectivity index (χ3n) is 5.17. The summed E-state index contributed by atoms with van der Waals surface area (Å²) in [5.74, 6) is -1.75. The Bertz CT molecular complexity index is 1470. The molecule has 154 valence electrons. The zero-order valence-electron chi connectivity index (χ0n) is 15.6. The number of hydrogen-bond donors (Lipinski definition) is 1. The third-order valence-corrected chi connectivity index (χ3v) is 6.83. The number of aromatic hydroxyl groups is 1. The van der Waals surface area contributed by atoms with E-state index in [4.69, 9.17) is 23.8 Å². The number of nitrogens with zero attached hydrogens (tertiary/aromatic N) is 3. The van der Waals surface area contributed by atoms with Crippen molar-refractivity contribution >= 4 is 64.1 Å². The summed E-state index contributed by atoms with van der Waals surface area (Å²) in [6, 6.07) is 12.3. The van der Waals surface area contributed by atoms with Gasteiger partial charge in [0.15, 0.2) is 3.95 Å². The topological polar surface area (TPSA) is 92.0 Å². The molecule has 2 aliphatic heterocycles. The summed E-state index contributed by atoms with van der Waals surface area (Å²) in [5.41, 5.74) is 0.616. The molecule has 0 spiro atoms. The molecule has 3 heterocycles. The molecule has 0 radical (unpaired) electrons. The first-order valence-corrected chi connectivity index (χ1v) is 10.8. The van der Waals surface area contributed by atoms with Crippen molar-refractivity contribution in [2.75, 3.05) is 4.90 Å². The second-order valence-corrected chi connectivity index (χ2v) is 9.04. The molecule has 1 aromatic heterocycles. The van der Waals surface area contributed by atoms with Crippen LogP contribution in [0.3, 0.4) is 0 Å². The van der Waals surface area contributed by atoms with E-state index in [0.29, 0.717) is 21.3 Å². The average Bonchev–Trinajstić information content (AvgIpc) is 3.32. The van der Waals surface area contributed by atoms with Gasteiger partial charge < -0.3 is 5.11 Å². The Labute approximate surface area is 189 Å². The maximum Gasteiger partial charge on any atom is 0.279 e. The first-order chi connectivity index (χ1) is 14.9. The largest absolute Gasteiger partial charge is 0.493 e. The number of aromatic nitrogens is 1. The van der Waals surface area contributed by atoms with Crippen molar-refractivity contribution in [1.82, 2.24) is 4.57 Å². The monoisotopic (exact) mass is 469 g/mol. The molecular weight excluding hydrogens is 458 g/mol. The Balaban J connectivity index is 1.60. The molecule has 1 atom stereocenters. The van der Waals surface area contributed by atoms with Gasteiger partial charge >= 0.3 is 0 Å². The van der Waals surface area contributed by atoms with Crippen LogP contribution in [0.4, 0.5) is 5.69 Å². The number of anilines is 1. The quantitative estimate of drug-likeness (QED) is 0.470. The lowest BCUT2D eigenvalue weighted by molar-refractivity contribution is -0.122. The van der Waals surface area contributed by atoms with Gasteiger partial charge in [-0.05, 0) is 42.5 Å². The van der Waals surface area contributed by atoms with E-state index in [0.717, 1.165) is 16.2 Å². The highest BCUT2D eigenvalue weighted by Gasteiger charge is 2.43. The molecule has 0 aliphatic carbocycles. The van der Waals surface area contributed by atoms with Crippen molar-refractivity contribution in [1.29, 1.82) is 0 Å². The summed E-state index contributed by atoms with van der Waals surface area (Å²) in [5, 5.41) is 12.5. The second kappa shape index (κ2) is 7.23. The fourth-order valence-corrected chi connectivity index (χ4v) is 5.34. The van der Waals surface area contributed by atoms with Gasteiger partial charge in [0.05, 0.1) is 23.0 Å². The smallest absolute Gasteiger partial charge is 0.279 e. The van der Waals surface area contributed by atoms with Crippen LogP contribution >= 0.6 is 35.2 Å². The van der Waals surface area contributed by atoms with Crippen LogP contribution in [0.2, 0.25) is 5.02 Å². The molecule has 3 aromatic rings. The Morgan fingerprint density at radius 2 is 1.81 bits per heavy atom. The van der Waals surface area contributed by atoms with Gasteiger partial charge in [0.1, 0.15) is 10.9 Å². The van der Waals surface area contributed by atoms with Crippen molar-refractivity contribution in [3.8, 4) is 5.88 Å². The number of rotatable bonds is 3. The van der Waals surface area contributed by atoms with Crippen LogP contribution in [0.1, 0.15) is 17.3 Å². The molecular formula is C21H12ClN3O4S2. The number of halogens is 1. The number of imide groups is 1. The number of amides is 3. The van der Waals surface area contributed by atoms with Crippen LogP contribution < -0.4 is 15.5 Å². The number of carbonyl (C=O) groups is 3. The van der Waals surface area contributed by atoms with E-state index in [2.05, 4.69) is 4.99 Å². The fraction of sp³-hybridized carbons (Fsp3) is 0.0952. The maximum atomic E-state index is 13.1. The molecule has 1 N–H and O–H groups in total. The van der Waals surface area contributed by atoms with Crippen molar-refractivity contribution in [3.05, 3.63) is 73.0 Å². The molecule has 10 heteroatoms. The lowest BCUT2D eigenvalue weighted by Crippen LogP contribution is -2.31. The Hall–Kier alpha value is -3.14. The number of carbonyl (C=O) groups excluding carboxylic acids is 3. The summed E-state index contributed by atoms with van der Waals surface area (Å²) < 4.78 is 1.42. The highest BCUT2D eigenvalue weighted by molar-refractivity contribution is 7.73. The van der Waals surface area contributed by atoms with Crippen molar-refractivity contribution < 1.29 is 19.5 Å². The van der Waals surface area contributed by atoms with E-state index in [1.54, 1.807) is 48.5 Å². The van der Waals surface area contributed by atoms with E-state index in [-0.39, 0.29) is 26.7 Å². The summed E-state index contributed by atoms with van der Waals surface area (Å²) in [4.78, 5) is 43.5. The number of benzene rings is 2. The Morgan fingerprint density at radius 1 is 1.10 bits per heavy atom. The first-order valence-electron chi connectivity index (χ1n) is 9.16. The van der Waals surface area contributed by atoms with Crippen LogP contribution in [0.5, 0.6) is 5.88 Å². The molecule has 3 amide bonds. The van der Waals surface area contributed by atoms with E-state index >= 15 is 0 Å². The number of fused-ring (bicyclic) bond motifs is 1. The summed E-state index contributed by atoms with van der Waals surface area (Å²) >= 11 is 12.3. The van der Waals surface area contributed by atoms with Gasteiger partial charge in [-0.25, -0.2) is 9.89 Å². The van der Waals surface area contributed by atoms with Crippen LogP contribution in [0, 0.1) is 3.95 Å². The molecule has 0 saturated carbocycles. The van der Waals surface area contributed by atoms with Crippen LogP contribution in [-0.2, 0) is 14.4 Å². The minimum atomic E-state index is -1.01. The van der Waals surface area contributed by atoms with Gasteiger partial charge in [0.25, 0.3) is 11.8 Å². The highest BCUT2D eigenvalue weighted by Crippen LogP contribution is 2.39. The van der Waals surface area contributed by atoms with Crippen LogP contribution in [0.15, 0.2) is 53.5 Å².